The predicted octanol–water partition coefficient (Wildman–Crippen LogP) is 0.569. The van der Waals surface area contributed by atoms with E-state index < -0.39 is 47.3 Å². The second-order valence-electron chi connectivity index (χ2n) is 6.55. The van der Waals surface area contributed by atoms with Crippen molar-refractivity contribution >= 4 is 22.7 Å². The lowest BCUT2D eigenvalue weighted by atomic mass is 9.95. The first-order chi connectivity index (χ1) is 13.8. The minimum Gasteiger partial charge on any atom is -0.350 e. The largest absolute Gasteiger partial charge is 0.350 e. The van der Waals surface area contributed by atoms with Gasteiger partial charge in [0.1, 0.15) is 18.2 Å². The number of halogens is 2. The molecule has 1 aliphatic heterocycles. The van der Waals surface area contributed by atoms with E-state index in [1.165, 1.54) is 6.07 Å². The summed E-state index contributed by atoms with van der Waals surface area (Å²) in [5, 5.41) is 5.15. The van der Waals surface area contributed by atoms with Gasteiger partial charge in [-0.1, -0.05) is 12.1 Å². The van der Waals surface area contributed by atoms with Crippen molar-refractivity contribution in [3.05, 3.63) is 80.0 Å². The number of H-pyrrole nitrogens is 1. The Bertz CT molecular complexity index is 1280. The number of fused-ring (bicyclic) bond motifs is 2. The highest BCUT2D eigenvalue weighted by Gasteiger charge is 2.30. The van der Waals surface area contributed by atoms with Gasteiger partial charge in [0.25, 0.3) is 11.5 Å². The van der Waals surface area contributed by atoms with Crippen molar-refractivity contribution < 1.29 is 18.4 Å². The molecule has 0 fully saturated rings. The molecule has 1 atom stereocenters. The summed E-state index contributed by atoms with van der Waals surface area (Å²) in [6.45, 7) is -0.731. The van der Waals surface area contributed by atoms with E-state index in [2.05, 4.69) is 15.6 Å². The number of nitrogens with one attached hydrogen (secondary N) is 3. The van der Waals surface area contributed by atoms with Gasteiger partial charge in [0, 0.05) is 18.2 Å². The normalized spacial score (nSPS) is 15.7. The predicted molar refractivity (Wildman–Crippen MR) is 98.4 cm³/mol. The molecular weight excluding hydrogens is 386 g/mol. The van der Waals surface area contributed by atoms with E-state index in [9.17, 15) is 28.0 Å². The van der Waals surface area contributed by atoms with Gasteiger partial charge in [-0.3, -0.25) is 19.0 Å². The highest BCUT2D eigenvalue weighted by Crippen LogP contribution is 2.26. The molecule has 0 saturated carbocycles. The van der Waals surface area contributed by atoms with Gasteiger partial charge in [0.2, 0.25) is 5.91 Å². The molecule has 10 heteroatoms. The number of aromatic nitrogens is 2. The fraction of sp³-hybridized carbons (Fsp3) is 0.158. The van der Waals surface area contributed by atoms with Crippen molar-refractivity contribution in [1.82, 2.24) is 20.2 Å². The van der Waals surface area contributed by atoms with Gasteiger partial charge in [-0.2, -0.15) is 0 Å². The molecule has 1 unspecified atom stereocenters. The van der Waals surface area contributed by atoms with Crippen LogP contribution >= 0.6 is 0 Å². The molecule has 2 aromatic carbocycles. The maximum Gasteiger partial charge on any atom is 0.329 e. The summed E-state index contributed by atoms with van der Waals surface area (Å²) in [7, 11) is 0. The van der Waals surface area contributed by atoms with Gasteiger partial charge in [-0.15, -0.1) is 0 Å². The summed E-state index contributed by atoms with van der Waals surface area (Å²) in [6.07, 6.45) is 0. The number of hydrogen-bond donors (Lipinski definition) is 3. The third kappa shape index (κ3) is 3.28. The molecule has 148 valence electrons. The zero-order valence-electron chi connectivity index (χ0n) is 14.8. The molecular formula is C19H14F2N4O4. The van der Waals surface area contributed by atoms with E-state index >= 15 is 0 Å². The summed E-state index contributed by atoms with van der Waals surface area (Å²) in [5.74, 6) is -3.30. The number of para-hydroxylation sites is 1. The van der Waals surface area contributed by atoms with Gasteiger partial charge in [0.05, 0.1) is 22.5 Å². The highest BCUT2D eigenvalue weighted by molar-refractivity contribution is 5.97. The van der Waals surface area contributed by atoms with Crippen molar-refractivity contribution in [2.24, 2.45) is 0 Å². The van der Waals surface area contributed by atoms with Crippen LogP contribution in [0.2, 0.25) is 0 Å². The SMILES string of the molecule is O=C(Cn1c(=O)[nH]c2ccccc2c1=O)NC1CNC(=O)c2cc(F)cc(F)c21. The van der Waals surface area contributed by atoms with Crippen LogP contribution < -0.4 is 21.9 Å². The summed E-state index contributed by atoms with van der Waals surface area (Å²) < 4.78 is 28.4. The zero-order chi connectivity index (χ0) is 20.7. The summed E-state index contributed by atoms with van der Waals surface area (Å²) >= 11 is 0. The molecule has 0 spiro atoms. The minimum atomic E-state index is -0.981. The number of amides is 2. The van der Waals surface area contributed by atoms with Crippen LogP contribution in [0.5, 0.6) is 0 Å². The third-order valence-electron chi connectivity index (χ3n) is 4.68. The van der Waals surface area contributed by atoms with E-state index in [1.807, 2.05) is 0 Å². The quantitative estimate of drug-likeness (QED) is 0.597. The number of benzene rings is 2. The topological polar surface area (TPSA) is 113 Å². The molecule has 8 nitrogen and oxygen atoms in total. The number of aromatic amines is 1. The van der Waals surface area contributed by atoms with Crippen LogP contribution in [-0.4, -0.2) is 27.9 Å². The molecule has 3 aromatic rings. The van der Waals surface area contributed by atoms with Crippen molar-refractivity contribution in [3.8, 4) is 0 Å². The Morgan fingerprint density at radius 2 is 1.93 bits per heavy atom. The maximum atomic E-state index is 14.3. The van der Waals surface area contributed by atoms with E-state index in [1.54, 1.807) is 18.2 Å². The Kier molecular flexibility index (Phi) is 4.45. The lowest BCUT2D eigenvalue weighted by Crippen LogP contribution is -2.46. The first-order valence-corrected chi connectivity index (χ1v) is 8.63. The fourth-order valence-corrected chi connectivity index (χ4v) is 3.37. The van der Waals surface area contributed by atoms with Crippen LogP contribution in [0.3, 0.4) is 0 Å². The van der Waals surface area contributed by atoms with Crippen LogP contribution in [0.4, 0.5) is 8.78 Å². The molecule has 2 amide bonds. The minimum absolute atomic E-state index is 0.122. The van der Waals surface area contributed by atoms with E-state index in [-0.39, 0.29) is 23.1 Å². The van der Waals surface area contributed by atoms with E-state index in [0.717, 1.165) is 10.6 Å². The lowest BCUT2D eigenvalue weighted by Gasteiger charge is -2.27. The molecule has 29 heavy (non-hydrogen) atoms. The Morgan fingerprint density at radius 1 is 1.17 bits per heavy atom. The molecule has 1 aliphatic rings. The van der Waals surface area contributed by atoms with Crippen LogP contribution in [-0.2, 0) is 11.3 Å². The van der Waals surface area contributed by atoms with Gasteiger partial charge < -0.3 is 15.6 Å². The second kappa shape index (κ2) is 6.97. The number of hydrogen-bond acceptors (Lipinski definition) is 4. The summed E-state index contributed by atoms with van der Waals surface area (Å²) in [6, 6.07) is 6.87. The van der Waals surface area contributed by atoms with Crippen molar-refractivity contribution in [3.63, 3.8) is 0 Å². The van der Waals surface area contributed by atoms with Crippen LogP contribution in [0.25, 0.3) is 10.9 Å². The van der Waals surface area contributed by atoms with Crippen molar-refractivity contribution in [2.45, 2.75) is 12.6 Å². The van der Waals surface area contributed by atoms with E-state index in [0.29, 0.717) is 11.6 Å². The second-order valence-corrected chi connectivity index (χ2v) is 6.55. The number of carbonyl (C=O) groups excluding carboxylic acids is 2. The first kappa shape index (κ1) is 18.5. The highest BCUT2D eigenvalue weighted by atomic mass is 19.1. The standard InChI is InChI=1S/C19H14F2N4O4/c20-9-5-11-16(12(21)6-9)14(7-22-17(11)27)23-15(26)8-25-18(28)10-3-1-2-4-13(10)24-19(25)29/h1-6,14H,7-8H2,(H,22,27)(H,23,26)(H,24,29). The Balaban J connectivity index is 1.63. The van der Waals surface area contributed by atoms with Gasteiger partial charge in [0.15, 0.2) is 0 Å². The number of rotatable bonds is 3. The maximum absolute atomic E-state index is 14.3. The average molecular weight is 400 g/mol. The van der Waals surface area contributed by atoms with Gasteiger partial charge in [-0.25, -0.2) is 13.6 Å². The Morgan fingerprint density at radius 3 is 2.72 bits per heavy atom. The molecule has 0 saturated heterocycles. The van der Waals surface area contributed by atoms with Crippen LogP contribution in [0, 0.1) is 11.6 Å². The average Bonchev–Trinajstić information content (AvgIpc) is 2.67. The molecule has 0 aliphatic carbocycles. The Hall–Kier alpha value is -3.82. The molecule has 0 bridgehead atoms. The molecule has 4 rings (SSSR count). The third-order valence-corrected chi connectivity index (χ3v) is 4.68. The molecule has 1 aromatic heterocycles. The Labute approximate surface area is 161 Å². The van der Waals surface area contributed by atoms with Crippen molar-refractivity contribution in [1.29, 1.82) is 0 Å². The first-order valence-electron chi connectivity index (χ1n) is 8.63. The zero-order valence-corrected chi connectivity index (χ0v) is 14.8. The summed E-state index contributed by atoms with van der Waals surface area (Å²) in [4.78, 5) is 51.5. The fourth-order valence-electron chi connectivity index (χ4n) is 3.37. The van der Waals surface area contributed by atoms with Gasteiger partial charge >= 0.3 is 5.69 Å². The monoisotopic (exact) mass is 400 g/mol. The van der Waals surface area contributed by atoms with Crippen LogP contribution in [0.1, 0.15) is 22.0 Å². The number of nitrogens with zero attached hydrogens (tertiary/aromatic N) is 1. The molecule has 3 N–H and O–H groups in total. The number of carbonyl (C=O) groups is 2. The smallest absolute Gasteiger partial charge is 0.329 e. The lowest BCUT2D eigenvalue weighted by molar-refractivity contribution is -0.122. The van der Waals surface area contributed by atoms with Gasteiger partial charge in [-0.05, 0) is 18.2 Å². The van der Waals surface area contributed by atoms with Crippen molar-refractivity contribution in [2.75, 3.05) is 6.54 Å². The molecule has 2 heterocycles. The van der Waals surface area contributed by atoms with E-state index in [4.69, 9.17) is 0 Å². The summed E-state index contributed by atoms with van der Waals surface area (Å²) in [5.41, 5.74) is -1.45. The molecule has 0 radical (unpaired) electrons. The van der Waals surface area contributed by atoms with Crippen LogP contribution in [0.15, 0.2) is 46.0 Å².